The predicted octanol–water partition coefficient (Wildman–Crippen LogP) is 4.28. The van der Waals surface area contributed by atoms with Crippen LogP contribution in [-0.2, 0) is 21.2 Å². The number of benzene rings is 1. The number of carbonyl (C=O) groups is 2. The van der Waals surface area contributed by atoms with Crippen LogP contribution in [0.1, 0.15) is 30.7 Å². The number of fused-ring (bicyclic) bond motifs is 9. The van der Waals surface area contributed by atoms with Crippen LogP contribution in [0.15, 0.2) is 34.1 Å². The standard InChI is InChI=1S/C22H19F3N2O3S2/c1-21(2)14-10-7-11(15(14)31-17-16(21)32-20(30)26-17)13-12(10)18(28)27(19(13)29)9-5-3-4-8(6-9)22(23,24)25/h3-6,10-15H,7H2,1-2H3,(H,26,30)/t10-,11+,12-,13-,14+,15+/m0/s1. The fourth-order valence-corrected chi connectivity index (χ4v) is 9.88. The Hall–Kier alpha value is -2.07. The number of aromatic nitrogens is 1. The topological polar surface area (TPSA) is 70.2 Å². The number of rotatable bonds is 1. The van der Waals surface area contributed by atoms with Crippen LogP contribution in [0.5, 0.6) is 0 Å². The van der Waals surface area contributed by atoms with Crippen molar-refractivity contribution >= 4 is 40.6 Å². The van der Waals surface area contributed by atoms with E-state index in [4.69, 9.17) is 0 Å². The Balaban J connectivity index is 1.40. The zero-order valence-electron chi connectivity index (χ0n) is 17.1. The molecule has 2 aliphatic carbocycles. The van der Waals surface area contributed by atoms with E-state index in [1.54, 1.807) is 11.8 Å². The minimum absolute atomic E-state index is 0.0121. The molecule has 1 N–H and O–H groups in total. The van der Waals surface area contributed by atoms with E-state index >= 15 is 0 Å². The molecular formula is C22H19F3N2O3S2. The summed E-state index contributed by atoms with van der Waals surface area (Å²) in [5.74, 6) is -1.76. The Labute approximate surface area is 189 Å². The number of carbonyl (C=O) groups excluding carboxylic acids is 2. The Kier molecular flexibility index (Phi) is 4.03. The molecule has 1 saturated heterocycles. The van der Waals surface area contributed by atoms with Crippen molar-refractivity contribution in [3.05, 3.63) is 44.4 Å². The van der Waals surface area contributed by atoms with Gasteiger partial charge in [-0.2, -0.15) is 13.2 Å². The average Bonchev–Trinajstić information content (AvgIpc) is 3.43. The molecule has 4 aliphatic rings. The van der Waals surface area contributed by atoms with E-state index < -0.39 is 29.5 Å². The number of nitrogens with zero attached hydrogens (tertiary/aromatic N) is 1. The summed E-state index contributed by atoms with van der Waals surface area (Å²) in [7, 11) is 0. The second-order valence-corrected chi connectivity index (χ2v) is 11.8. The predicted molar refractivity (Wildman–Crippen MR) is 114 cm³/mol. The van der Waals surface area contributed by atoms with Crippen molar-refractivity contribution in [2.24, 2.45) is 29.6 Å². The molecule has 2 saturated carbocycles. The SMILES string of the molecule is CC1(C)c2sc(=O)[nH]c2S[C@@H]2[C@@H]3C[C@@H]([C@@H]4C(=O)N(c5cccc(C(F)(F)F)c5)C(=O)[C@@H]34)[C@H]21. The van der Waals surface area contributed by atoms with Crippen molar-refractivity contribution in [3.8, 4) is 0 Å². The maximum absolute atomic E-state index is 13.4. The summed E-state index contributed by atoms with van der Waals surface area (Å²) in [4.78, 5) is 43.6. The van der Waals surface area contributed by atoms with Crippen molar-refractivity contribution in [1.29, 1.82) is 0 Å². The zero-order valence-corrected chi connectivity index (χ0v) is 18.7. The molecule has 2 aliphatic heterocycles. The second kappa shape index (κ2) is 6.28. The number of nitrogens with one attached hydrogen (secondary N) is 1. The van der Waals surface area contributed by atoms with E-state index in [9.17, 15) is 27.6 Å². The number of alkyl halides is 3. The number of imide groups is 1. The molecule has 3 fully saturated rings. The lowest BCUT2D eigenvalue weighted by atomic mass is 9.64. The number of hydrogen-bond acceptors (Lipinski definition) is 5. The monoisotopic (exact) mass is 480 g/mol. The lowest BCUT2D eigenvalue weighted by molar-refractivity contribution is -0.137. The van der Waals surface area contributed by atoms with Gasteiger partial charge in [-0.05, 0) is 42.4 Å². The van der Waals surface area contributed by atoms with E-state index in [0.29, 0.717) is 0 Å². The summed E-state index contributed by atoms with van der Waals surface area (Å²) in [6, 6.07) is 4.44. The third-order valence-corrected chi connectivity index (χ3v) is 10.6. The van der Waals surface area contributed by atoms with Crippen LogP contribution in [0.4, 0.5) is 18.9 Å². The summed E-state index contributed by atoms with van der Waals surface area (Å²) in [5.41, 5.74) is -1.22. The van der Waals surface area contributed by atoms with E-state index in [-0.39, 0.29) is 44.9 Å². The molecule has 2 aromatic rings. The molecule has 2 amide bonds. The molecule has 168 valence electrons. The molecule has 32 heavy (non-hydrogen) atoms. The van der Waals surface area contributed by atoms with Gasteiger partial charge < -0.3 is 4.98 Å². The second-order valence-electron chi connectivity index (χ2n) is 9.68. The third-order valence-electron chi connectivity index (χ3n) is 7.82. The van der Waals surface area contributed by atoms with Gasteiger partial charge in [-0.25, -0.2) is 0 Å². The first kappa shape index (κ1) is 20.5. The maximum Gasteiger partial charge on any atom is 0.416 e. The molecule has 2 bridgehead atoms. The van der Waals surface area contributed by atoms with Gasteiger partial charge in [0, 0.05) is 15.5 Å². The Morgan fingerprint density at radius 1 is 1.09 bits per heavy atom. The summed E-state index contributed by atoms with van der Waals surface area (Å²) in [5, 5.41) is 0.939. The van der Waals surface area contributed by atoms with Crippen LogP contribution in [0.3, 0.4) is 0 Å². The minimum atomic E-state index is -4.55. The van der Waals surface area contributed by atoms with Crippen LogP contribution in [0.25, 0.3) is 0 Å². The fraction of sp³-hybridized carbons (Fsp3) is 0.500. The quantitative estimate of drug-likeness (QED) is 0.619. The van der Waals surface area contributed by atoms with Crippen molar-refractivity contribution in [2.75, 3.05) is 4.90 Å². The van der Waals surface area contributed by atoms with Gasteiger partial charge >= 0.3 is 11.0 Å². The highest BCUT2D eigenvalue weighted by atomic mass is 32.2. The number of thiazole rings is 1. The molecule has 6 rings (SSSR count). The van der Waals surface area contributed by atoms with Crippen LogP contribution in [-0.4, -0.2) is 22.0 Å². The lowest BCUT2D eigenvalue weighted by Crippen LogP contribution is -2.48. The minimum Gasteiger partial charge on any atom is -0.307 e. The van der Waals surface area contributed by atoms with Crippen molar-refractivity contribution in [2.45, 2.75) is 42.1 Å². The first-order chi connectivity index (χ1) is 15.0. The Bertz CT molecular complexity index is 1230. The first-order valence-electron chi connectivity index (χ1n) is 10.5. The van der Waals surface area contributed by atoms with Gasteiger partial charge in [-0.15, -0.1) is 11.8 Å². The molecule has 5 nitrogen and oxygen atoms in total. The molecule has 0 radical (unpaired) electrons. The van der Waals surface area contributed by atoms with Crippen LogP contribution in [0.2, 0.25) is 0 Å². The molecule has 0 spiro atoms. The Morgan fingerprint density at radius 2 is 1.78 bits per heavy atom. The van der Waals surface area contributed by atoms with Crippen molar-refractivity contribution < 1.29 is 22.8 Å². The van der Waals surface area contributed by atoms with Crippen LogP contribution < -0.4 is 9.77 Å². The van der Waals surface area contributed by atoms with Gasteiger partial charge in [0.1, 0.15) is 0 Å². The third kappa shape index (κ3) is 2.50. The zero-order chi connectivity index (χ0) is 22.7. The number of halogens is 3. The summed E-state index contributed by atoms with van der Waals surface area (Å²) in [6.45, 7) is 4.18. The van der Waals surface area contributed by atoms with Gasteiger partial charge in [0.2, 0.25) is 11.8 Å². The largest absolute Gasteiger partial charge is 0.416 e. The Morgan fingerprint density at radius 3 is 2.47 bits per heavy atom. The lowest BCUT2D eigenvalue weighted by Gasteiger charge is -2.47. The fourth-order valence-electron chi connectivity index (χ4n) is 6.73. The maximum atomic E-state index is 13.4. The molecule has 10 heteroatoms. The van der Waals surface area contributed by atoms with Crippen LogP contribution >= 0.6 is 23.1 Å². The van der Waals surface area contributed by atoms with Gasteiger partial charge in [0.15, 0.2) is 0 Å². The molecule has 1 aromatic heterocycles. The van der Waals surface area contributed by atoms with E-state index in [1.807, 2.05) is 0 Å². The van der Waals surface area contributed by atoms with Gasteiger partial charge in [-0.3, -0.25) is 19.3 Å². The van der Waals surface area contributed by atoms with Gasteiger partial charge in [-0.1, -0.05) is 31.3 Å². The van der Waals surface area contributed by atoms with Gasteiger partial charge in [0.05, 0.1) is 28.1 Å². The molecule has 3 heterocycles. The summed E-state index contributed by atoms with van der Waals surface area (Å²) >= 11 is 2.79. The molecule has 1 aromatic carbocycles. The summed E-state index contributed by atoms with van der Waals surface area (Å²) in [6.07, 6.45) is -3.80. The number of H-pyrrole nitrogens is 1. The normalized spacial score (nSPS) is 34.6. The first-order valence-corrected chi connectivity index (χ1v) is 12.1. The molecule has 6 atom stereocenters. The number of amides is 2. The van der Waals surface area contributed by atoms with Crippen molar-refractivity contribution in [3.63, 3.8) is 0 Å². The number of hydrogen-bond donors (Lipinski definition) is 1. The highest BCUT2D eigenvalue weighted by Gasteiger charge is 2.70. The van der Waals surface area contributed by atoms with E-state index in [1.165, 1.54) is 23.5 Å². The highest BCUT2D eigenvalue weighted by Crippen LogP contribution is 2.69. The highest BCUT2D eigenvalue weighted by molar-refractivity contribution is 8.00. The van der Waals surface area contributed by atoms with Crippen LogP contribution in [0, 0.1) is 29.6 Å². The average molecular weight is 481 g/mol. The smallest absolute Gasteiger partial charge is 0.307 e. The summed E-state index contributed by atoms with van der Waals surface area (Å²) < 4.78 is 39.6. The van der Waals surface area contributed by atoms with Gasteiger partial charge in [0.25, 0.3) is 0 Å². The van der Waals surface area contributed by atoms with Crippen molar-refractivity contribution in [1.82, 2.24) is 4.98 Å². The van der Waals surface area contributed by atoms with E-state index in [2.05, 4.69) is 18.8 Å². The number of aromatic amines is 1. The molecular weight excluding hydrogens is 461 g/mol. The molecule has 0 unspecified atom stereocenters. The number of thioether (sulfide) groups is 1. The number of anilines is 1. The van der Waals surface area contributed by atoms with E-state index in [0.717, 1.165) is 33.4 Å².